The van der Waals surface area contributed by atoms with E-state index < -0.39 is 5.97 Å². The highest BCUT2D eigenvalue weighted by Crippen LogP contribution is 2.29. The molecule has 1 heterocycles. The number of carbonyl (C=O) groups excluding carboxylic acids is 1. The van der Waals surface area contributed by atoms with Crippen molar-refractivity contribution in [1.82, 2.24) is 0 Å². The first-order valence-electron chi connectivity index (χ1n) is 5.56. The van der Waals surface area contributed by atoms with Gasteiger partial charge in [0.15, 0.2) is 0 Å². The first kappa shape index (κ1) is 12.8. The number of carbonyl (C=O) groups is 2. The van der Waals surface area contributed by atoms with Crippen LogP contribution in [0.1, 0.15) is 23.2 Å². The Morgan fingerprint density at radius 3 is 2.72 bits per heavy atom. The summed E-state index contributed by atoms with van der Waals surface area (Å²) in [6, 6.07) is 3.87. The third-order valence-electron chi connectivity index (χ3n) is 2.72. The largest absolute Gasteiger partial charge is 0.506 e. The summed E-state index contributed by atoms with van der Waals surface area (Å²) in [6.07, 6.45) is 1.86. The molecule has 3 N–H and O–H groups in total. The standard InChI is InChI=1S/C12H13NO4S/c14-9-6-7(12(16)17)3-4-8(9)13-11(15)10-2-1-5-18-10/h3-4,6,10,14H,1-2,5H2,(H,13,15)(H,16,17). The lowest BCUT2D eigenvalue weighted by Gasteiger charge is -2.11. The van der Waals surface area contributed by atoms with Crippen molar-refractivity contribution in [3.63, 3.8) is 0 Å². The van der Waals surface area contributed by atoms with Crippen LogP contribution in [0, 0.1) is 0 Å². The monoisotopic (exact) mass is 267 g/mol. The van der Waals surface area contributed by atoms with Gasteiger partial charge in [0.25, 0.3) is 0 Å². The van der Waals surface area contributed by atoms with Gasteiger partial charge in [0, 0.05) is 0 Å². The molecule has 0 spiro atoms. The van der Waals surface area contributed by atoms with Crippen molar-refractivity contribution >= 4 is 29.3 Å². The number of anilines is 1. The van der Waals surface area contributed by atoms with Crippen LogP contribution in [-0.4, -0.2) is 33.1 Å². The molecule has 6 heteroatoms. The minimum atomic E-state index is -1.12. The highest BCUT2D eigenvalue weighted by atomic mass is 32.2. The number of thioether (sulfide) groups is 1. The van der Waals surface area contributed by atoms with Crippen molar-refractivity contribution in [2.24, 2.45) is 0 Å². The van der Waals surface area contributed by atoms with Crippen molar-refractivity contribution in [3.05, 3.63) is 23.8 Å². The fourth-order valence-corrected chi connectivity index (χ4v) is 2.93. The SMILES string of the molecule is O=C(O)c1ccc(NC(=O)C2CCCS2)c(O)c1. The zero-order valence-corrected chi connectivity index (χ0v) is 10.4. The van der Waals surface area contributed by atoms with Crippen LogP contribution in [0.25, 0.3) is 0 Å². The zero-order valence-electron chi connectivity index (χ0n) is 9.55. The Morgan fingerprint density at radius 2 is 2.17 bits per heavy atom. The summed E-state index contributed by atoms with van der Waals surface area (Å²) in [5.74, 6) is -0.515. The molecule has 1 aliphatic rings. The van der Waals surface area contributed by atoms with Crippen LogP contribution in [0.4, 0.5) is 5.69 Å². The van der Waals surface area contributed by atoms with E-state index in [1.54, 1.807) is 11.8 Å². The van der Waals surface area contributed by atoms with Gasteiger partial charge in [-0.15, -0.1) is 11.8 Å². The summed E-state index contributed by atoms with van der Waals surface area (Å²) in [7, 11) is 0. The van der Waals surface area contributed by atoms with Crippen molar-refractivity contribution in [2.75, 3.05) is 11.1 Å². The number of hydrogen-bond acceptors (Lipinski definition) is 4. The predicted octanol–water partition coefficient (Wildman–Crippen LogP) is 1.92. The molecule has 0 aromatic heterocycles. The lowest BCUT2D eigenvalue weighted by Crippen LogP contribution is -2.22. The van der Waals surface area contributed by atoms with Gasteiger partial charge in [0.1, 0.15) is 5.75 Å². The molecule has 1 unspecified atom stereocenters. The topological polar surface area (TPSA) is 86.6 Å². The number of benzene rings is 1. The number of hydrogen-bond donors (Lipinski definition) is 3. The predicted molar refractivity (Wildman–Crippen MR) is 69.2 cm³/mol. The number of amides is 1. The molecule has 0 radical (unpaired) electrons. The van der Waals surface area contributed by atoms with E-state index in [2.05, 4.69) is 5.32 Å². The average molecular weight is 267 g/mol. The number of aromatic hydroxyl groups is 1. The quantitative estimate of drug-likeness (QED) is 0.728. The number of nitrogens with one attached hydrogen (secondary N) is 1. The first-order valence-corrected chi connectivity index (χ1v) is 6.61. The van der Waals surface area contributed by atoms with Crippen LogP contribution in [0.2, 0.25) is 0 Å². The lowest BCUT2D eigenvalue weighted by atomic mass is 10.2. The summed E-state index contributed by atoms with van der Waals surface area (Å²) >= 11 is 1.60. The van der Waals surface area contributed by atoms with Gasteiger partial charge in [-0.25, -0.2) is 4.79 Å². The summed E-state index contributed by atoms with van der Waals surface area (Å²) < 4.78 is 0. The highest BCUT2D eigenvalue weighted by molar-refractivity contribution is 8.00. The molecular weight excluding hydrogens is 254 g/mol. The summed E-state index contributed by atoms with van der Waals surface area (Å²) in [4.78, 5) is 22.5. The Kier molecular flexibility index (Phi) is 3.76. The normalized spacial score (nSPS) is 18.6. The minimum absolute atomic E-state index is 0.0132. The van der Waals surface area contributed by atoms with E-state index in [4.69, 9.17) is 5.11 Å². The number of phenolic OH excluding ortho intramolecular Hbond substituents is 1. The van der Waals surface area contributed by atoms with Crippen LogP contribution in [0.5, 0.6) is 5.75 Å². The highest BCUT2D eigenvalue weighted by Gasteiger charge is 2.24. The summed E-state index contributed by atoms with van der Waals surface area (Å²) in [5, 5.41) is 20.9. The first-order chi connectivity index (χ1) is 8.58. The van der Waals surface area contributed by atoms with Gasteiger partial charge in [0.05, 0.1) is 16.5 Å². The molecule has 5 nitrogen and oxygen atoms in total. The Morgan fingerprint density at radius 1 is 1.39 bits per heavy atom. The third kappa shape index (κ3) is 2.76. The van der Waals surface area contributed by atoms with Gasteiger partial charge in [-0.1, -0.05) is 0 Å². The van der Waals surface area contributed by atoms with E-state index in [9.17, 15) is 14.7 Å². The van der Waals surface area contributed by atoms with E-state index in [1.165, 1.54) is 12.1 Å². The van der Waals surface area contributed by atoms with E-state index in [0.717, 1.165) is 24.7 Å². The molecule has 2 rings (SSSR count). The molecule has 1 atom stereocenters. The smallest absolute Gasteiger partial charge is 0.335 e. The second kappa shape index (κ2) is 5.30. The third-order valence-corrected chi connectivity index (χ3v) is 4.10. The number of carboxylic acid groups (broad SMARTS) is 1. The van der Waals surface area contributed by atoms with Gasteiger partial charge >= 0.3 is 5.97 Å². The molecule has 1 fully saturated rings. The fraction of sp³-hybridized carbons (Fsp3) is 0.333. The van der Waals surface area contributed by atoms with Crippen LogP contribution in [0.3, 0.4) is 0 Å². The number of carboxylic acids is 1. The molecule has 1 amide bonds. The van der Waals surface area contributed by atoms with Crippen molar-refractivity contribution in [1.29, 1.82) is 0 Å². The van der Waals surface area contributed by atoms with Crippen molar-refractivity contribution < 1.29 is 19.8 Å². The van der Waals surface area contributed by atoms with Gasteiger partial charge in [-0.2, -0.15) is 0 Å². The van der Waals surface area contributed by atoms with Crippen molar-refractivity contribution in [3.8, 4) is 5.75 Å². The number of aromatic carboxylic acids is 1. The molecule has 1 aromatic rings. The van der Waals surface area contributed by atoms with Gasteiger partial charge < -0.3 is 15.5 Å². The van der Waals surface area contributed by atoms with Crippen LogP contribution >= 0.6 is 11.8 Å². The Bertz CT molecular complexity index is 483. The maximum atomic E-state index is 11.8. The zero-order chi connectivity index (χ0) is 13.1. The molecule has 0 saturated carbocycles. The summed E-state index contributed by atoms with van der Waals surface area (Å²) in [6.45, 7) is 0. The second-order valence-electron chi connectivity index (χ2n) is 4.03. The van der Waals surface area contributed by atoms with Crippen LogP contribution < -0.4 is 5.32 Å². The van der Waals surface area contributed by atoms with E-state index in [1.807, 2.05) is 0 Å². The molecule has 1 aromatic carbocycles. The molecule has 96 valence electrons. The Balaban J connectivity index is 2.09. The summed E-state index contributed by atoms with van der Waals surface area (Å²) in [5.41, 5.74) is 0.234. The van der Waals surface area contributed by atoms with Gasteiger partial charge in [0.2, 0.25) is 5.91 Å². The van der Waals surface area contributed by atoms with Gasteiger partial charge in [-0.3, -0.25) is 4.79 Å². The second-order valence-corrected chi connectivity index (χ2v) is 5.34. The Hall–Kier alpha value is -1.69. The minimum Gasteiger partial charge on any atom is -0.506 e. The number of phenols is 1. The molecule has 0 aliphatic carbocycles. The molecular formula is C12H13NO4S. The van der Waals surface area contributed by atoms with E-state index >= 15 is 0 Å². The van der Waals surface area contributed by atoms with Crippen LogP contribution in [-0.2, 0) is 4.79 Å². The molecule has 18 heavy (non-hydrogen) atoms. The van der Waals surface area contributed by atoms with Crippen LogP contribution in [0.15, 0.2) is 18.2 Å². The average Bonchev–Trinajstić information content (AvgIpc) is 2.85. The van der Waals surface area contributed by atoms with Crippen molar-refractivity contribution in [2.45, 2.75) is 18.1 Å². The Labute approximate surface area is 108 Å². The molecule has 1 aliphatic heterocycles. The number of rotatable bonds is 3. The van der Waals surface area contributed by atoms with Gasteiger partial charge in [-0.05, 0) is 36.8 Å². The lowest BCUT2D eigenvalue weighted by molar-refractivity contribution is -0.115. The molecule has 0 bridgehead atoms. The molecule has 1 saturated heterocycles. The fourth-order valence-electron chi connectivity index (χ4n) is 1.77. The van der Waals surface area contributed by atoms with E-state index in [0.29, 0.717) is 0 Å². The maximum Gasteiger partial charge on any atom is 0.335 e. The maximum absolute atomic E-state index is 11.8. The van der Waals surface area contributed by atoms with E-state index in [-0.39, 0.29) is 28.2 Å².